The van der Waals surface area contributed by atoms with E-state index in [1.165, 1.54) is 0 Å². The van der Waals surface area contributed by atoms with Gasteiger partial charge in [-0.3, -0.25) is 4.21 Å². The number of benzene rings is 2. The number of nitriles is 1. The van der Waals surface area contributed by atoms with E-state index in [2.05, 4.69) is 6.07 Å². The summed E-state index contributed by atoms with van der Waals surface area (Å²) in [4.78, 5) is 0. The molecule has 1 unspecified atom stereocenters. The van der Waals surface area contributed by atoms with Crippen LogP contribution in [-0.4, -0.2) is 16.6 Å². The average Bonchev–Trinajstić information content (AvgIpc) is 2.49. The van der Waals surface area contributed by atoms with Gasteiger partial charge in [0.05, 0.1) is 24.0 Å². The van der Waals surface area contributed by atoms with Gasteiger partial charge in [-0.1, -0.05) is 30.3 Å². The fraction of sp³-hybridized carbons (Fsp3) is 0.188. The first kappa shape index (κ1) is 14.3. The van der Waals surface area contributed by atoms with Crippen molar-refractivity contribution in [1.82, 2.24) is 0 Å². The summed E-state index contributed by atoms with van der Waals surface area (Å²) in [5, 5.41) is 8.69. The molecule has 0 saturated heterocycles. The Balaban J connectivity index is 1.75. The Kier molecular flexibility index (Phi) is 5.33. The molecule has 0 N–H and O–H groups in total. The molecule has 102 valence electrons. The first-order chi connectivity index (χ1) is 9.78. The second-order valence-corrected chi connectivity index (χ2v) is 5.84. The van der Waals surface area contributed by atoms with Gasteiger partial charge in [-0.05, 0) is 29.8 Å². The third-order valence-electron chi connectivity index (χ3n) is 2.73. The highest BCUT2D eigenvalue weighted by atomic mass is 32.2. The Morgan fingerprint density at radius 2 is 1.75 bits per heavy atom. The molecule has 0 spiro atoms. The van der Waals surface area contributed by atoms with Gasteiger partial charge in [0, 0.05) is 16.6 Å². The minimum atomic E-state index is -0.928. The van der Waals surface area contributed by atoms with Crippen molar-refractivity contribution in [2.75, 3.05) is 12.4 Å². The maximum absolute atomic E-state index is 11.9. The van der Waals surface area contributed by atoms with E-state index in [0.717, 1.165) is 5.56 Å². The molecular weight excluding hydrogens is 270 g/mol. The Bertz CT molecular complexity index is 603. The van der Waals surface area contributed by atoms with Gasteiger partial charge in [-0.2, -0.15) is 5.26 Å². The summed E-state index contributed by atoms with van der Waals surface area (Å²) in [6, 6.07) is 18.7. The van der Waals surface area contributed by atoms with Gasteiger partial charge in [0.2, 0.25) is 0 Å². The van der Waals surface area contributed by atoms with Gasteiger partial charge in [0.25, 0.3) is 0 Å². The van der Waals surface area contributed by atoms with E-state index in [9.17, 15) is 4.21 Å². The van der Waals surface area contributed by atoms with Crippen LogP contribution in [0.3, 0.4) is 0 Å². The number of ether oxygens (including phenoxy) is 1. The molecule has 20 heavy (non-hydrogen) atoms. The Hall–Kier alpha value is -2.12. The lowest BCUT2D eigenvalue weighted by Gasteiger charge is -2.06. The van der Waals surface area contributed by atoms with Gasteiger partial charge >= 0.3 is 0 Å². The molecule has 3 nitrogen and oxygen atoms in total. The topological polar surface area (TPSA) is 50.1 Å². The number of hydrogen-bond acceptors (Lipinski definition) is 3. The molecule has 1 atom stereocenters. The highest BCUT2D eigenvalue weighted by molar-refractivity contribution is 7.84. The average molecular weight is 285 g/mol. The highest BCUT2D eigenvalue weighted by Crippen LogP contribution is 2.11. The molecule has 0 aliphatic rings. The molecule has 0 radical (unpaired) electrons. The molecule has 0 aliphatic heterocycles. The third kappa shape index (κ3) is 4.52. The lowest BCUT2D eigenvalue weighted by molar-refractivity contribution is 0.342. The van der Waals surface area contributed by atoms with E-state index < -0.39 is 10.8 Å². The summed E-state index contributed by atoms with van der Waals surface area (Å²) in [7, 11) is -0.928. The van der Waals surface area contributed by atoms with Crippen molar-refractivity contribution >= 4 is 10.8 Å². The minimum absolute atomic E-state index is 0.408. The van der Waals surface area contributed by atoms with E-state index in [4.69, 9.17) is 10.00 Å². The Morgan fingerprint density at radius 3 is 2.40 bits per heavy atom. The van der Waals surface area contributed by atoms with Crippen LogP contribution in [0.5, 0.6) is 5.75 Å². The van der Waals surface area contributed by atoms with Crippen molar-refractivity contribution in [1.29, 1.82) is 5.26 Å². The standard InChI is InChI=1S/C16H15NO2S/c17-12-14-6-8-16(9-7-14)19-10-11-20(18)13-15-4-2-1-3-5-15/h1-9H,10-11,13H2. The van der Waals surface area contributed by atoms with E-state index >= 15 is 0 Å². The molecule has 4 heteroatoms. The van der Waals surface area contributed by atoms with Gasteiger partial charge in [-0.25, -0.2) is 0 Å². The van der Waals surface area contributed by atoms with Crippen LogP contribution in [0, 0.1) is 11.3 Å². The molecule has 2 rings (SSSR count). The molecule has 0 aliphatic carbocycles. The Labute approximate surface area is 121 Å². The van der Waals surface area contributed by atoms with E-state index in [1.54, 1.807) is 24.3 Å². The number of nitrogens with zero attached hydrogens (tertiary/aromatic N) is 1. The summed E-state index contributed by atoms with van der Waals surface area (Å²) in [5.74, 6) is 1.74. The van der Waals surface area contributed by atoms with Crippen LogP contribution in [0.25, 0.3) is 0 Å². The lowest BCUT2D eigenvalue weighted by atomic mass is 10.2. The molecule has 0 heterocycles. The smallest absolute Gasteiger partial charge is 0.119 e. The van der Waals surface area contributed by atoms with Crippen LogP contribution in [0.1, 0.15) is 11.1 Å². The fourth-order valence-corrected chi connectivity index (χ4v) is 2.69. The summed E-state index contributed by atoms with van der Waals surface area (Å²) >= 11 is 0. The quantitative estimate of drug-likeness (QED) is 0.820. The zero-order valence-electron chi connectivity index (χ0n) is 11.0. The summed E-state index contributed by atoms with van der Waals surface area (Å²) in [5.41, 5.74) is 1.68. The van der Waals surface area contributed by atoms with Crippen molar-refractivity contribution in [2.24, 2.45) is 0 Å². The summed E-state index contributed by atoms with van der Waals surface area (Å²) < 4.78 is 17.4. The molecule has 0 aromatic heterocycles. The summed E-state index contributed by atoms with van der Waals surface area (Å²) in [6.07, 6.45) is 0. The van der Waals surface area contributed by atoms with E-state index in [0.29, 0.717) is 29.4 Å². The second-order valence-electron chi connectivity index (χ2n) is 4.26. The SMILES string of the molecule is N#Cc1ccc(OCCS(=O)Cc2ccccc2)cc1. The fourth-order valence-electron chi connectivity index (χ4n) is 1.71. The van der Waals surface area contributed by atoms with Crippen molar-refractivity contribution < 1.29 is 8.95 Å². The van der Waals surface area contributed by atoms with Gasteiger partial charge in [0.15, 0.2) is 0 Å². The maximum Gasteiger partial charge on any atom is 0.119 e. The van der Waals surface area contributed by atoms with Crippen LogP contribution in [0.2, 0.25) is 0 Å². The normalized spacial score (nSPS) is 11.6. The van der Waals surface area contributed by atoms with E-state index in [1.807, 2.05) is 30.3 Å². The predicted octanol–water partition coefficient (Wildman–Crippen LogP) is 2.89. The van der Waals surface area contributed by atoms with Gasteiger partial charge in [0.1, 0.15) is 5.75 Å². The lowest BCUT2D eigenvalue weighted by Crippen LogP contribution is -2.10. The number of rotatable bonds is 6. The Morgan fingerprint density at radius 1 is 1.05 bits per heavy atom. The molecule has 0 amide bonds. The number of hydrogen-bond donors (Lipinski definition) is 0. The van der Waals surface area contributed by atoms with Crippen molar-refractivity contribution in [3.8, 4) is 11.8 Å². The van der Waals surface area contributed by atoms with Crippen LogP contribution >= 0.6 is 0 Å². The zero-order valence-corrected chi connectivity index (χ0v) is 11.8. The molecular formula is C16H15NO2S. The largest absolute Gasteiger partial charge is 0.493 e. The third-order valence-corrected chi connectivity index (χ3v) is 4.01. The van der Waals surface area contributed by atoms with Crippen LogP contribution in [0.4, 0.5) is 0 Å². The zero-order chi connectivity index (χ0) is 14.2. The summed E-state index contributed by atoms with van der Waals surface area (Å²) in [6.45, 7) is 0.408. The van der Waals surface area contributed by atoms with Crippen molar-refractivity contribution in [2.45, 2.75) is 5.75 Å². The molecule has 2 aromatic carbocycles. The maximum atomic E-state index is 11.9. The van der Waals surface area contributed by atoms with Crippen LogP contribution < -0.4 is 4.74 Å². The predicted molar refractivity (Wildman–Crippen MR) is 79.8 cm³/mol. The molecule has 0 fully saturated rings. The van der Waals surface area contributed by atoms with Crippen molar-refractivity contribution in [3.05, 3.63) is 65.7 Å². The van der Waals surface area contributed by atoms with Gasteiger partial charge in [-0.15, -0.1) is 0 Å². The molecule has 2 aromatic rings. The molecule has 0 bridgehead atoms. The van der Waals surface area contributed by atoms with Crippen molar-refractivity contribution in [3.63, 3.8) is 0 Å². The minimum Gasteiger partial charge on any atom is -0.493 e. The molecule has 0 saturated carbocycles. The first-order valence-corrected chi connectivity index (χ1v) is 7.78. The first-order valence-electron chi connectivity index (χ1n) is 6.30. The second kappa shape index (κ2) is 7.46. The van der Waals surface area contributed by atoms with Gasteiger partial charge < -0.3 is 4.74 Å². The van der Waals surface area contributed by atoms with Crippen LogP contribution in [0.15, 0.2) is 54.6 Å². The van der Waals surface area contributed by atoms with E-state index in [-0.39, 0.29) is 0 Å². The van der Waals surface area contributed by atoms with Crippen LogP contribution in [-0.2, 0) is 16.6 Å². The monoisotopic (exact) mass is 285 g/mol. The highest BCUT2D eigenvalue weighted by Gasteiger charge is 2.02.